The van der Waals surface area contributed by atoms with Gasteiger partial charge in [0.05, 0.1) is 46.7 Å². The average Bonchev–Trinajstić information content (AvgIpc) is 3.69. The van der Waals surface area contributed by atoms with Crippen LogP contribution in [0.4, 0.5) is 11.4 Å². The van der Waals surface area contributed by atoms with Gasteiger partial charge in [-0.1, -0.05) is 6.07 Å². The molecule has 4 amide bonds. The molecule has 3 aliphatic heterocycles. The van der Waals surface area contributed by atoms with Crippen LogP contribution in [0.25, 0.3) is 11.1 Å². The molecule has 17 nitrogen and oxygen atoms in total. The van der Waals surface area contributed by atoms with Crippen LogP contribution in [0.3, 0.4) is 0 Å². The highest BCUT2D eigenvalue weighted by molar-refractivity contribution is 6.14. The van der Waals surface area contributed by atoms with E-state index in [-0.39, 0.29) is 64.8 Å². The number of likely N-dealkylation sites (tertiary alicyclic amines) is 2. The van der Waals surface area contributed by atoms with E-state index in [1.54, 1.807) is 28.0 Å². The first-order chi connectivity index (χ1) is 26.7. The highest BCUT2D eigenvalue weighted by Gasteiger charge is 2.44. The molecule has 2 atom stereocenters. The van der Waals surface area contributed by atoms with Gasteiger partial charge in [-0.25, -0.2) is 4.98 Å². The van der Waals surface area contributed by atoms with E-state index in [1.165, 1.54) is 13.1 Å². The first-order valence-electron chi connectivity index (χ1n) is 18.6. The van der Waals surface area contributed by atoms with Gasteiger partial charge < -0.3 is 48.1 Å². The number of amides is 4. The van der Waals surface area contributed by atoms with Gasteiger partial charge in [-0.05, 0) is 69.4 Å². The highest BCUT2D eigenvalue weighted by Crippen LogP contribution is 2.49. The fourth-order valence-electron chi connectivity index (χ4n) is 7.38. The van der Waals surface area contributed by atoms with E-state index < -0.39 is 11.5 Å². The number of primary amides is 1. The summed E-state index contributed by atoms with van der Waals surface area (Å²) in [6.45, 7) is 6.30. The minimum Gasteiger partial charge on any atom is -0.393 e. The van der Waals surface area contributed by atoms with Crippen molar-refractivity contribution in [2.24, 2.45) is 23.1 Å². The Morgan fingerprint density at radius 1 is 1.09 bits per heavy atom. The van der Waals surface area contributed by atoms with Crippen molar-refractivity contribution in [3.63, 3.8) is 0 Å². The molecule has 56 heavy (non-hydrogen) atoms. The minimum atomic E-state index is -1.88. The predicted octanol–water partition coefficient (Wildman–Crippen LogP) is 0.584. The number of likely N-dealkylation sites (N-methyl/N-ethyl adjacent to an activating group) is 1. The summed E-state index contributed by atoms with van der Waals surface area (Å²) in [5.41, 5.74) is 20.8. The van der Waals surface area contributed by atoms with E-state index in [9.17, 15) is 19.5 Å². The van der Waals surface area contributed by atoms with Crippen molar-refractivity contribution in [2.45, 2.75) is 57.2 Å². The van der Waals surface area contributed by atoms with Crippen LogP contribution in [0.15, 0.2) is 59.8 Å². The number of rotatable bonds is 10. The molecule has 0 bridgehead atoms. The van der Waals surface area contributed by atoms with Gasteiger partial charge in [0.2, 0.25) is 12.3 Å². The summed E-state index contributed by atoms with van der Waals surface area (Å²) >= 11 is 0. The van der Waals surface area contributed by atoms with Crippen LogP contribution >= 0.6 is 0 Å². The second-order valence-corrected chi connectivity index (χ2v) is 14.6. The number of nitrogens with zero attached hydrogens (tertiary/aromatic N) is 6. The first kappa shape index (κ1) is 39.8. The lowest BCUT2D eigenvalue weighted by atomic mass is 9.82. The van der Waals surface area contributed by atoms with E-state index in [4.69, 9.17) is 29.2 Å². The summed E-state index contributed by atoms with van der Waals surface area (Å²) in [6.07, 6.45) is 7.15. The van der Waals surface area contributed by atoms with Gasteiger partial charge >= 0.3 is 0 Å². The van der Waals surface area contributed by atoms with Gasteiger partial charge in [-0.3, -0.25) is 28.8 Å². The maximum absolute atomic E-state index is 13.0. The molecule has 294 valence electrons. The van der Waals surface area contributed by atoms with E-state index in [1.807, 2.05) is 30.9 Å². The molecule has 0 spiro atoms. The molecule has 7 rings (SSSR count). The zero-order valence-corrected chi connectivity index (χ0v) is 32.1. The Balaban J connectivity index is 0.00000172. The number of nitrogens with one attached hydrogen (secondary N) is 3. The number of anilines is 2. The van der Waals surface area contributed by atoms with Crippen molar-refractivity contribution in [3.8, 4) is 11.1 Å². The molecular formula is C38H49BN12O5. The highest BCUT2D eigenvalue weighted by atomic mass is 16.3. The molecule has 3 fully saturated rings. The fraction of sp³-hybridized carbons (Fsp3) is 0.421. The maximum atomic E-state index is 13.0. The third kappa shape index (κ3) is 7.79. The van der Waals surface area contributed by atoms with Crippen molar-refractivity contribution in [2.75, 3.05) is 50.5 Å². The molecule has 2 unspecified atom stereocenters. The largest absolute Gasteiger partial charge is 0.393 e. The van der Waals surface area contributed by atoms with Gasteiger partial charge in [0.25, 0.3) is 11.8 Å². The van der Waals surface area contributed by atoms with Gasteiger partial charge in [-0.15, -0.1) is 0 Å². The molecule has 3 aromatic rings. The summed E-state index contributed by atoms with van der Waals surface area (Å²) in [5.74, 6) is -0.806. The topological polar surface area (TPSA) is 243 Å². The Bertz CT molecular complexity index is 2080. The quantitative estimate of drug-likeness (QED) is 0.0650. The SMILES string of the molecule is NC=O.[B]C(O)(c1cccc(C(=O)N2CCCC2)n1)N1CC(n2ncc3c2C(C)N(C)c2c(NC(/C=C(\N)NC(=O)C4CC4)=C(/N)C(=O)NC)cc(C)cc2-3)C1. The number of nitrogens with two attached hydrogens (primary N) is 3. The van der Waals surface area contributed by atoms with Crippen LogP contribution in [-0.2, 0) is 20.0 Å². The van der Waals surface area contributed by atoms with Crippen LogP contribution in [0.5, 0.6) is 0 Å². The van der Waals surface area contributed by atoms with E-state index in [0.29, 0.717) is 31.9 Å². The molecule has 2 saturated heterocycles. The Kier molecular flexibility index (Phi) is 11.4. The van der Waals surface area contributed by atoms with Gasteiger partial charge in [-0.2, -0.15) is 5.10 Å². The number of aliphatic hydroxyl groups is 1. The molecule has 5 heterocycles. The van der Waals surface area contributed by atoms with Gasteiger partial charge in [0.15, 0.2) is 0 Å². The summed E-state index contributed by atoms with van der Waals surface area (Å²) in [5, 5.41) is 25.0. The third-order valence-corrected chi connectivity index (χ3v) is 10.7. The van der Waals surface area contributed by atoms with Crippen molar-refractivity contribution >= 4 is 43.4 Å². The van der Waals surface area contributed by atoms with Gasteiger partial charge in [0.1, 0.15) is 30.7 Å². The second-order valence-electron chi connectivity index (χ2n) is 14.6. The van der Waals surface area contributed by atoms with E-state index >= 15 is 0 Å². The minimum absolute atomic E-state index is 0.0531. The summed E-state index contributed by atoms with van der Waals surface area (Å²) in [6, 6.07) is 8.85. The van der Waals surface area contributed by atoms with Crippen LogP contribution in [0.1, 0.15) is 72.1 Å². The zero-order chi connectivity index (χ0) is 40.5. The lowest BCUT2D eigenvalue weighted by Gasteiger charge is -2.49. The standard InChI is InChI=1S/C37H46BN11O4.CH3NO/c1-20-14-24-25-17-42-49(23-18-48(19-23)37(38,53)29-9-7-8-26(44-29)36(52)47-12-5-6-13-47)32(25)21(2)46(4)33(24)28(15-20)43-27(31(40)35(51)41-3)16-30(39)45-34(50)22-10-11-22;2-1-3/h7-9,14-17,21-23,43,53H,5-6,10-13,18-19,39-40H2,1-4H3,(H,41,51)(H,45,50);1H,(H2,2,3)/b30-16+,31-27+;. The number of aryl methyl sites for hydroxylation is 1. The molecule has 1 saturated carbocycles. The molecule has 1 aliphatic carbocycles. The molecule has 10 N–H and O–H groups in total. The number of hydrogen-bond donors (Lipinski definition) is 7. The molecule has 4 aliphatic rings. The van der Waals surface area contributed by atoms with Crippen molar-refractivity contribution in [1.29, 1.82) is 0 Å². The van der Waals surface area contributed by atoms with Crippen molar-refractivity contribution in [3.05, 3.63) is 82.5 Å². The molecule has 2 aromatic heterocycles. The lowest BCUT2D eigenvalue weighted by Crippen LogP contribution is -2.59. The monoisotopic (exact) mass is 764 g/mol. The maximum Gasteiger partial charge on any atom is 0.272 e. The number of allylic oxidation sites excluding steroid dienone is 1. The Morgan fingerprint density at radius 2 is 1.77 bits per heavy atom. The Hall–Kier alpha value is -5.88. The van der Waals surface area contributed by atoms with Crippen molar-refractivity contribution < 1.29 is 24.3 Å². The van der Waals surface area contributed by atoms with Crippen LogP contribution < -0.4 is 38.1 Å². The second kappa shape index (κ2) is 16.1. The Labute approximate surface area is 326 Å². The predicted molar refractivity (Wildman–Crippen MR) is 211 cm³/mol. The normalized spacial score (nSPS) is 19.6. The zero-order valence-electron chi connectivity index (χ0n) is 32.1. The number of fused-ring (bicyclic) bond motifs is 3. The number of carbonyl (C=O) groups excluding carboxylic acids is 4. The van der Waals surface area contributed by atoms with E-state index in [2.05, 4.69) is 44.6 Å². The Morgan fingerprint density at radius 3 is 2.41 bits per heavy atom. The molecule has 1 aromatic carbocycles. The molecule has 18 heteroatoms. The van der Waals surface area contributed by atoms with Crippen LogP contribution in [0, 0.1) is 12.8 Å². The number of pyridine rings is 1. The van der Waals surface area contributed by atoms with Crippen LogP contribution in [-0.4, -0.2) is 102 Å². The average molecular weight is 765 g/mol. The van der Waals surface area contributed by atoms with Crippen molar-refractivity contribution in [1.82, 2.24) is 35.2 Å². The number of aromatic nitrogens is 3. The fourth-order valence-corrected chi connectivity index (χ4v) is 7.38. The molecule has 2 radical (unpaired) electrons. The van der Waals surface area contributed by atoms with Gasteiger partial charge in [0, 0.05) is 63.4 Å². The summed E-state index contributed by atoms with van der Waals surface area (Å²) < 4.78 is 2.00. The number of carbonyl (C=O) groups is 4. The molecular weight excluding hydrogens is 715 g/mol. The number of benzene rings is 1. The first-order valence-corrected chi connectivity index (χ1v) is 18.6. The third-order valence-electron chi connectivity index (χ3n) is 10.7. The van der Waals surface area contributed by atoms with Crippen LogP contribution in [0.2, 0.25) is 0 Å². The summed E-state index contributed by atoms with van der Waals surface area (Å²) in [7, 11) is 9.98. The lowest BCUT2D eigenvalue weighted by molar-refractivity contribution is -0.121. The number of hydrogen-bond acceptors (Lipinski definition) is 12. The van der Waals surface area contributed by atoms with E-state index in [0.717, 1.165) is 53.8 Å². The smallest absolute Gasteiger partial charge is 0.272 e. The summed E-state index contributed by atoms with van der Waals surface area (Å²) in [4.78, 5) is 56.8.